The Morgan fingerprint density at radius 2 is 1.81 bits per heavy atom. The molecule has 3 aromatic rings. The van der Waals surface area contributed by atoms with Crippen molar-refractivity contribution in [2.75, 3.05) is 13.1 Å². The van der Waals surface area contributed by atoms with E-state index in [0.29, 0.717) is 5.92 Å². The third-order valence-corrected chi connectivity index (χ3v) is 5.13. The summed E-state index contributed by atoms with van der Waals surface area (Å²) in [6.45, 7) is 2.69. The highest BCUT2D eigenvalue weighted by Crippen LogP contribution is 2.29. The van der Waals surface area contributed by atoms with Crippen LogP contribution in [0.15, 0.2) is 61.2 Å². The Balaban J connectivity index is 1.44. The summed E-state index contributed by atoms with van der Waals surface area (Å²) >= 11 is 0. The maximum Gasteiger partial charge on any atom is 0.137 e. The molecule has 4 rings (SSSR count). The van der Waals surface area contributed by atoms with Gasteiger partial charge in [0.2, 0.25) is 0 Å². The lowest BCUT2D eigenvalue weighted by molar-refractivity contribution is 0.0922. The number of nitrogens with one attached hydrogen (secondary N) is 1. The third-order valence-electron chi connectivity index (χ3n) is 5.13. The zero-order valence-electron chi connectivity index (χ0n) is 14.8. The van der Waals surface area contributed by atoms with Crippen molar-refractivity contribution in [3.8, 4) is 11.1 Å². The minimum Gasteiger partial charge on any atom is -0.388 e. The molecule has 2 aromatic carbocycles. The molecular formula is C21H24N4O. The molecule has 0 spiro atoms. The lowest BCUT2D eigenvalue weighted by atomic mass is 9.89. The number of aromatic nitrogens is 3. The molecule has 2 atom stereocenters. The molecule has 26 heavy (non-hydrogen) atoms. The van der Waals surface area contributed by atoms with Crippen molar-refractivity contribution in [1.82, 2.24) is 20.1 Å². The molecule has 1 aliphatic heterocycles. The number of hydrogen-bond acceptors (Lipinski definition) is 4. The van der Waals surface area contributed by atoms with Gasteiger partial charge in [-0.25, -0.2) is 9.67 Å². The van der Waals surface area contributed by atoms with Crippen molar-refractivity contribution in [2.45, 2.75) is 25.5 Å². The number of nitrogens with zero attached hydrogens (tertiary/aromatic N) is 3. The predicted octanol–water partition coefficient (Wildman–Crippen LogP) is 3.03. The molecule has 1 aliphatic rings. The summed E-state index contributed by atoms with van der Waals surface area (Å²) in [4.78, 5) is 3.97. The summed E-state index contributed by atoms with van der Waals surface area (Å²) in [6.07, 6.45) is 5.11. The third kappa shape index (κ3) is 3.84. The standard InChI is InChI=1S/C21H24N4O/c26-21(20-2-1-11-22-12-20)19-9-7-18(8-10-19)17-5-3-16(4-6-17)13-25-15-23-14-24-25/h3-10,14-15,20-22,26H,1-2,11-13H2. The average molecular weight is 348 g/mol. The van der Waals surface area contributed by atoms with Crippen LogP contribution >= 0.6 is 0 Å². The maximum absolute atomic E-state index is 10.6. The molecule has 134 valence electrons. The molecule has 2 heterocycles. The van der Waals surface area contributed by atoms with Gasteiger partial charge in [-0.15, -0.1) is 0 Å². The van der Waals surface area contributed by atoms with Crippen LogP contribution in [0.25, 0.3) is 11.1 Å². The molecule has 2 unspecified atom stereocenters. The van der Waals surface area contributed by atoms with Crippen LogP contribution in [-0.2, 0) is 6.54 Å². The first kappa shape index (κ1) is 16.9. The van der Waals surface area contributed by atoms with Crippen LogP contribution < -0.4 is 5.32 Å². The molecular weight excluding hydrogens is 324 g/mol. The van der Waals surface area contributed by atoms with Gasteiger partial charge in [0.1, 0.15) is 12.7 Å². The van der Waals surface area contributed by atoms with Gasteiger partial charge in [-0.05, 0) is 41.6 Å². The zero-order valence-corrected chi connectivity index (χ0v) is 14.8. The normalized spacial score (nSPS) is 18.6. The van der Waals surface area contributed by atoms with Crippen molar-refractivity contribution in [3.05, 3.63) is 72.3 Å². The van der Waals surface area contributed by atoms with Gasteiger partial charge in [0.25, 0.3) is 0 Å². The zero-order chi connectivity index (χ0) is 17.8. The number of aliphatic hydroxyl groups is 1. The first-order valence-electron chi connectivity index (χ1n) is 9.20. The van der Waals surface area contributed by atoms with Gasteiger partial charge >= 0.3 is 0 Å². The number of benzene rings is 2. The van der Waals surface area contributed by atoms with Crippen LogP contribution in [0.4, 0.5) is 0 Å². The lowest BCUT2D eigenvalue weighted by Crippen LogP contribution is -2.33. The fourth-order valence-electron chi connectivity index (χ4n) is 3.60. The summed E-state index contributed by atoms with van der Waals surface area (Å²) in [5.74, 6) is 0.311. The van der Waals surface area contributed by atoms with Gasteiger partial charge in [-0.3, -0.25) is 0 Å². The predicted molar refractivity (Wildman–Crippen MR) is 102 cm³/mol. The average Bonchev–Trinajstić information content (AvgIpc) is 3.22. The monoisotopic (exact) mass is 348 g/mol. The van der Waals surface area contributed by atoms with E-state index in [1.54, 1.807) is 12.7 Å². The Morgan fingerprint density at radius 1 is 1.08 bits per heavy atom. The smallest absolute Gasteiger partial charge is 0.137 e. The maximum atomic E-state index is 10.6. The lowest BCUT2D eigenvalue weighted by Gasteiger charge is -2.27. The van der Waals surface area contributed by atoms with Gasteiger partial charge in [0, 0.05) is 12.5 Å². The van der Waals surface area contributed by atoms with E-state index >= 15 is 0 Å². The molecule has 1 saturated heterocycles. The SMILES string of the molecule is OC(c1ccc(-c2ccc(Cn3cncn3)cc2)cc1)C1CCCNC1. The topological polar surface area (TPSA) is 63.0 Å². The van der Waals surface area contributed by atoms with Crippen LogP contribution in [-0.4, -0.2) is 33.0 Å². The fourth-order valence-corrected chi connectivity index (χ4v) is 3.60. The highest BCUT2D eigenvalue weighted by molar-refractivity contribution is 5.64. The van der Waals surface area contributed by atoms with Gasteiger partial charge in [0.15, 0.2) is 0 Å². The van der Waals surface area contributed by atoms with Crippen LogP contribution in [0.2, 0.25) is 0 Å². The first-order chi connectivity index (χ1) is 12.8. The second-order valence-corrected chi connectivity index (χ2v) is 6.96. The van der Waals surface area contributed by atoms with E-state index in [9.17, 15) is 5.11 Å². The number of aliphatic hydroxyl groups excluding tert-OH is 1. The second-order valence-electron chi connectivity index (χ2n) is 6.96. The van der Waals surface area contributed by atoms with Crippen LogP contribution in [0.5, 0.6) is 0 Å². The number of piperidine rings is 1. The first-order valence-corrected chi connectivity index (χ1v) is 9.20. The van der Waals surface area contributed by atoms with Crippen molar-refractivity contribution < 1.29 is 5.11 Å². The van der Waals surface area contributed by atoms with Crippen molar-refractivity contribution in [2.24, 2.45) is 5.92 Å². The van der Waals surface area contributed by atoms with Crippen molar-refractivity contribution in [1.29, 1.82) is 0 Å². The van der Waals surface area contributed by atoms with Crippen molar-refractivity contribution >= 4 is 0 Å². The van der Waals surface area contributed by atoms with Gasteiger partial charge in [-0.2, -0.15) is 5.10 Å². The quantitative estimate of drug-likeness (QED) is 0.744. The molecule has 1 fully saturated rings. The van der Waals surface area contributed by atoms with E-state index in [1.807, 2.05) is 4.68 Å². The van der Waals surface area contributed by atoms with E-state index in [-0.39, 0.29) is 6.10 Å². The molecule has 0 aliphatic carbocycles. The van der Waals surface area contributed by atoms with Gasteiger partial charge in [-0.1, -0.05) is 48.5 Å². The minimum absolute atomic E-state index is 0.311. The van der Waals surface area contributed by atoms with Crippen molar-refractivity contribution in [3.63, 3.8) is 0 Å². The molecule has 5 heteroatoms. The summed E-state index contributed by atoms with van der Waals surface area (Å²) in [5, 5.41) is 18.1. The molecule has 1 aromatic heterocycles. The van der Waals surface area contributed by atoms with Crippen LogP contribution in [0.3, 0.4) is 0 Å². The van der Waals surface area contributed by atoms with Gasteiger partial charge in [0.05, 0.1) is 12.6 Å². The van der Waals surface area contributed by atoms with E-state index in [4.69, 9.17) is 0 Å². The van der Waals surface area contributed by atoms with E-state index in [2.05, 4.69) is 63.9 Å². The Labute approximate surface area is 153 Å². The summed E-state index contributed by atoms with van der Waals surface area (Å²) in [6, 6.07) is 16.8. The largest absolute Gasteiger partial charge is 0.388 e. The number of rotatable bonds is 5. The van der Waals surface area contributed by atoms with E-state index in [1.165, 1.54) is 11.1 Å². The Hall–Kier alpha value is -2.50. The molecule has 0 bridgehead atoms. The van der Waals surface area contributed by atoms with E-state index < -0.39 is 0 Å². The Bertz CT molecular complexity index is 806. The Kier molecular flexibility index (Phi) is 5.09. The van der Waals surface area contributed by atoms with Crippen LogP contribution in [0, 0.1) is 5.92 Å². The molecule has 2 N–H and O–H groups in total. The molecule has 0 amide bonds. The second kappa shape index (κ2) is 7.81. The fraction of sp³-hybridized carbons (Fsp3) is 0.333. The highest BCUT2D eigenvalue weighted by Gasteiger charge is 2.22. The summed E-state index contributed by atoms with van der Waals surface area (Å²) < 4.78 is 1.81. The van der Waals surface area contributed by atoms with Crippen LogP contribution in [0.1, 0.15) is 30.1 Å². The molecule has 0 radical (unpaired) electrons. The van der Waals surface area contributed by atoms with E-state index in [0.717, 1.165) is 43.6 Å². The Morgan fingerprint density at radius 3 is 2.42 bits per heavy atom. The highest BCUT2D eigenvalue weighted by atomic mass is 16.3. The van der Waals surface area contributed by atoms with Gasteiger partial charge < -0.3 is 10.4 Å². The molecule has 5 nitrogen and oxygen atoms in total. The molecule has 0 saturated carbocycles. The number of hydrogen-bond donors (Lipinski definition) is 2. The minimum atomic E-state index is -0.387. The summed E-state index contributed by atoms with van der Waals surface area (Å²) in [7, 11) is 0. The summed E-state index contributed by atoms with van der Waals surface area (Å²) in [5.41, 5.74) is 4.53.